The summed E-state index contributed by atoms with van der Waals surface area (Å²) in [7, 11) is 0. The van der Waals surface area contributed by atoms with Crippen molar-refractivity contribution in [1.82, 2.24) is 0 Å². The highest BCUT2D eigenvalue weighted by Crippen LogP contribution is 2.27. The normalized spacial score (nSPS) is 33.1. The lowest BCUT2D eigenvalue weighted by Crippen LogP contribution is -2.22. The Morgan fingerprint density at radius 1 is 1.56 bits per heavy atom. The molecule has 0 bridgehead atoms. The fourth-order valence-electron chi connectivity index (χ4n) is 0.756. The Kier molecular flexibility index (Phi) is 2.29. The lowest BCUT2D eigenvalue weighted by Gasteiger charge is -2.20. The van der Waals surface area contributed by atoms with Crippen LogP contribution in [0.2, 0.25) is 0 Å². The maximum absolute atomic E-state index is 8.86. The second kappa shape index (κ2) is 2.84. The topological polar surface area (TPSA) is 20.2 Å². The van der Waals surface area contributed by atoms with Crippen LogP contribution in [0.5, 0.6) is 0 Å². The van der Waals surface area contributed by atoms with E-state index in [0.717, 1.165) is 6.42 Å². The van der Waals surface area contributed by atoms with Crippen LogP contribution in [-0.4, -0.2) is 15.1 Å². The van der Waals surface area contributed by atoms with Gasteiger partial charge in [0.05, 0.1) is 10.0 Å². The molecule has 1 rings (SSSR count). The van der Waals surface area contributed by atoms with Crippen molar-refractivity contribution >= 4 is 22.6 Å². The minimum Gasteiger partial charge on any atom is -0.395 e. The second-order valence-electron chi connectivity index (χ2n) is 2.18. The molecule has 0 aliphatic heterocycles. The van der Waals surface area contributed by atoms with Crippen molar-refractivity contribution in [2.75, 3.05) is 6.61 Å². The minimum atomic E-state index is -0.0213. The average Bonchev–Trinajstić information content (AvgIpc) is 1.90. The number of allylic oxidation sites excluding steroid dienone is 3. The van der Waals surface area contributed by atoms with E-state index in [2.05, 4.69) is 28.7 Å². The summed E-state index contributed by atoms with van der Waals surface area (Å²) >= 11 is 2.27. The first-order chi connectivity index (χ1) is 4.27. The van der Waals surface area contributed by atoms with Gasteiger partial charge in [0.2, 0.25) is 0 Å². The molecule has 0 fully saturated rings. The van der Waals surface area contributed by atoms with Crippen LogP contribution in [0.4, 0.5) is 0 Å². The second-order valence-corrected chi connectivity index (χ2v) is 4.33. The summed E-state index contributed by atoms with van der Waals surface area (Å²) in [6, 6.07) is 0. The Bertz CT molecular complexity index is 151. The minimum absolute atomic E-state index is 0.0213. The highest BCUT2D eigenvalue weighted by molar-refractivity contribution is 14.1. The molecule has 0 spiro atoms. The number of hydrogen-bond acceptors (Lipinski definition) is 1. The third kappa shape index (κ3) is 1.79. The Morgan fingerprint density at radius 2 is 2.33 bits per heavy atom. The zero-order valence-electron chi connectivity index (χ0n) is 5.05. The van der Waals surface area contributed by atoms with E-state index < -0.39 is 0 Å². The Morgan fingerprint density at radius 3 is 2.67 bits per heavy atom. The van der Waals surface area contributed by atoms with Gasteiger partial charge in [-0.25, -0.2) is 0 Å². The van der Waals surface area contributed by atoms with Gasteiger partial charge in [-0.1, -0.05) is 46.9 Å². The molecular formula is C7H9IO. The molecular weight excluding hydrogens is 227 g/mol. The van der Waals surface area contributed by atoms with Gasteiger partial charge in [-0.2, -0.15) is 0 Å². The number of aliphatic hydroxyl groups excluding tert-OH is 1. The van der Waals surface area contributed by atoms with Crippen molar-refractivity contribution < 1.29 is 5.11 Å². The molecule has 0 amide bonds. The molecule has 0 aromatic heterocycles. The van der Waals surface area contributed by atoms with Crippen LogP contribution in [0, 0.1) is 0 Å². The van der Waals surface area contributed by atoms with E-state index in [1.807, 2.05) is 18.2 Å². The molecule has 9 heavy (non-hydrogen) atoms. The van der Waals surface area contributed by atoms with Gasteiger partial charge < -0.3 is 5.11 Å². The highest BCUT2D eigenvalue weighted by atomic mass is 127. The third-order valence-electron chi connectivity index (χ3n) is 1.36. The van der Waals surface area contributed by atoms with E-state index in [1.165, 1.54) is 0 Å². The molecule has 1 aliphatic carbocycles. The molecule has 0 aromatic rings. The third-order valence-corrected chi connectivity index (χ3v) is 2.50. The van der Waals surface area contributed by atoms with Crippen molar-refractivity contribution in [3.63, 3.8) is 0 Å². The summed E-state index contributed by atoms with van der Waals surface area (Å²) in [5.41, 5.74) is 0. The molecule has 0 heterocycles. The van der Waals surface area contributed by atoms with Crippen LogP contribution >= 0.6 is 22.6 Å². The van der Waals surface area contributed by atoms with Crippen molar-refractivity contribution in [1.29, 1.82) is 0 Å². The summed E-state index contributed by atoms with van der Waals surface area (Å²) in [6.07, 6.45) is 9.04. The maximum Gasteiger partial charge on any atom is 0.0669 e. The summed E-state index contributed by atoms with van der Waals surface area (Å²) in [6.45, 7) is 0.231. The summed E-state index contributed by atoms with van der Waals surface area (Å²) in [5, 5.41) is 8.86. The van der Waals surface area contributed by atoms with Gasteiger partial charge in [-0.05, 0) is 6.42 Å². The van der Waals surface area contributed by atoms with Crippen LogP contribution in [-0.2, 0) is 0 Å². The molecule has 1 aliphatic rings. The molecule has 2 heteroatoms. The summed E-state index contributed by atoms with van der Waals surface area (Å²) in [5.74, 6) is 0. The Hall–Kier alpha value is 0.170. The van der Waals surface area contributed by atoms with Crippen molar-refractivity contribution in [2.24, 2.45) is 0 Å². The van der Waals surface area contributed by atoms with Crippen LogP contribution in [0.25, 0.3) is 0 Å². The van der Waals surface area contributed by atoms with E-state index in [0.29, 0.717) is 0 Å². The van der Waals surface area contributed by atoms with E-state index in [1.54, 1.807) is 0 Å². The number of aliphatic hydroxyl groups is 1. The first kappa shape index (κ1) is 7.28. The molecule has 0 saturated heterocycles. The van der Waals surface area contributed by atoms with Crippen LogP contribution in [0.1, 0.15) is 6.42 Å². The quantitative estimate of drug-likeness (QED) is 0.542. The zero-order chi connectivity index (χ0) is 6.74. The van der Waals surface area contributed by atoms with Crippen LogP contribution in [0.15, 0.2) is 24.3 Å². The van der Waals surface area contributed by atoms with E-state index in [-0.39, 0.29) is 10.0 Å². The van der Waals surface area contributed by atoms with Gasteiger partial charge in [0, 0.05) is 0 Å². The lowest BCUT2D eigenvalue weighted by molar-refractivity contribution is 0.275. The number of hydrogen-bond donors (Lipinski definition) is 1. The highest BCUT2D eigenvalue weighted by Gasteiger charge is 2.20. The first-order valence-electron chi connectivity index (χ1n) is 2.91. The fraction of sp³-hybridized carbons (Fsp3) is 0.429. The smallest absolute Gasteiger partial charge is 0.0669 e. The Labute approximate surface area is 68.6 Å². The molecule has 0 saturated carbocycles. The van der Waals surface area contributed by atoms with Gasteiger partial charge in [-0.15, -0.1) is 0 Å². The number of halogens is 1. The van der Waals surface area contributed by atoms with E-state index in [4.69, 9.17) is 5.11 Å². The molecule has 1 unspecified atom stereocenters. The van der Waals surface area contributed by atoms with Gasteiger partial charge in [-0.3, -0.25) is 0 Å². The molecule has 1 atom stereocenters. The van der Waals surface area contributed by atoms with Crippen molar-refractivity contribution in [3.8, 4) is 0 Å². The van der Waals surface area contributed by atoms with E-state index >= 15 is 0 Å². The van der Waals surface area contributed by atoms with Gasteiger partial charge in [0.15, 0.2) is 0 Å². The molecule has 1 N–H and O–H groups in total. The predicted molar refractivity (Wildman–Crippen MR) is 46.7 cm³/mol. The number of alkyl halides is 1. The predicted octanol–water partition coefficient (Wildman–Crippen LogP) is 1.67. The van der Waals surface area contributed by atoms with E-state index in [9.17, 15) is 0 Å². The van der Waals surface area contributed by atoms with Crippen molar-refractivity contribution in [3.05, 3.63) is 24.3 Å². The largest absolute Gasteiger partial charge is 0.395 e. The summed E-state index contributed by atoms with van der Waals surface area (Å²) in [4.78, 5) is 0. The molecule has 0 aromatic carbocycles. The first-order valence-corrected chi connectivity index (χ1v) is 3.99. The average molecular weight is 236 g/mol. The van der Waals surface area contributed by atoms with Gasteiger partial charge in [0.25, 0.3) is 0 Å². The lowest BCUT2D eigenvalue weighted by atomic mass is 10.0. The van der Waals surface area contributed by atoms with Crippen LogP contribution < -0.4 is 0 Å². The SMILES string of the molecule is OCC1(I)C=CC=CC1. The fourth-order valence-corrected chi connectivity index (χ4v) is 1.22. The molecule has 1 nitrogen and oxygen atoms in total. The zero-order valence-corrected chi connectivity index (χ0v) is 7.21. The number of rotatable bonds is 1. The standard InChI is InChI=1S/C7H9IO/c8-7(6-9)4-2-1-3-5-7/h1-4,9H,5-6H2. The maximum atomic E-state index is 8.86. The summed E-state index contributed by atoms with van der Waals surface area (Å²) < 4.78 is -0.0213. The van der Waals surface area contributed by atoms with Gasteiger partial charge in [0.1, 0.15) is 0 Å². The Balaban J connectivity index is 2.63. The van der Waals surface area contributed by atoms with Crippen LogP contribution in [0.3, 0.4) is 0 Å². The van der Waals surface area contributed by atoms with Gasteiger partial charge >= 0.3 is 0 Å². The van der Waals surface area contributed by atoms with Crippen molar-refractivity contribution in [2.45, 2.75) is 9.84 Å². The molecule has 50 valence electrons. The monoisotopic (exact) mass is 236 g/mol. The molecule has 0 radical (unpaired) electrons.